The summed E-state index contributed by atoms with van der Waals surface area (Å²) in [4.78, 5) is 0. The summed E-state index contributed by atoms with van der Waals surface area (Å²) in [5.74, 6) is -3.23. The Balaban J connectivity index is 2.54. The molecule has 76 valence electrons. The molecule has 1 aliphatic carbocycles. The van der Waals surface area contributed by atoms with E-state index in [0.717, 1.165) is 0 Å². The molecule has 3 N–H and O–H groups in total. The van der Waals surface area contributed by atoms with Crippen molar-refractivity contribution >= 4 is 0 Å². The highest BCUT2D eigenvalue weighted by Crippen LogP contribution is 2.39. The van der Waals surface area contributed by atoms with Crippen LogP contribution in [0.15, 0.2) is 24.3 Å². The second kappa shape index (κ2) is 3.00. The van der Waals surface area contributed by atoms with Gasteiger partial charge < -0.3 is 10.8 Å². The highest BCUT2D eigenvalue weighted by molar-refractivity contribution is 5.35. The Morgan fingerprint density at radius 1 is 1.36 bits per heavy atom. The Labute approximate surface area is 80.4 Å². The van der Waals surface area contributed by atoms with Crippen LogP contribution in [-0.2, 0) is 12.3 Å². The van der Waals surface area contributed by atoms with Crippen LogP contribution in [0, 0.1) is 0 Å². The molecule has 0 radical (unpaired) electrons. The number of alkyl halides is 2. The summed E-state index contributed by atoms with van der Waals surface area (Å²) < 4.78 is 27.0. The van der Waals surface area contributed by atoms with Crippen LogP contribution in [0.4, 0.5) is 8.78 Å². The van der Waals surface area contributed by atoms with Crippen molar-refractivity contribution < 1.29 is 13.9 Å². The fraction of sp³-hybridized carbons (Fsp3) is 0.400. The van der Waals surface area contributed by atoms with Gasteiger partial charge in [0.1, 0.15) is 6.10 Å². The van der Waals surface area contributed by atoms with E-state index in [1.807, 2.05) is 0 Å². The maximum absolute atomic E-state index is 13.5. The molecule has 2 rings (SSSR count). The molecule has 2 atom stereocenters. The Morgan fingerprint density at radius 2 is 2.00 bits per heavy atom. The Bertz CT molecular complexity index is 354. The van der Waals surface area contributed by atoms with Gasteiger partial charge in [-0.1, -0.05) is 24.3 Å². The van der Waals surface area contributed by atoms with Gasteiger partial charge in [0.2, 0.25) is 0 Å². The molecule has 1 aromatic rings. The third-order valence-electron chi connectivity index (χ3n) is 2.61. The normalized spacial score (nSPS) is 29.7. The third-order valence-corrected chi connectivity index (χ3v) is 2.61. The zero-order chi connectivity index (χ0) is 10.3. The molecular formula is C10H11F2NO. The maximum atomic E-state index is 13.5. The van der Waals surface area contributed by atoms with Crippen LogP contribution in [0.2, 0.25) is 0 Å². The van der Waals surface area contributed by atoms with Crippen molar-refractivity contribution in [1.82, 2.24) is 0 Å². The second-order valence-electron chi connectivity index (χ2n) is 3.59. The topological polar surface area (TPSA) is 46.2 Å². The molecule has 0 aromatic heterocycles. The predicted molar refractivity (Wildman–Crippen MR) is 48.0 cm³/mol. The molecule has 1 aliphatic rings. The van der Waals surface area contributed by atoms with Crippen LogP contribution in [0.25, 0.3) is 0 Å². The monoisotopic (exact) mass is 199 g/mol. The Kier molecular flexibility index (Phi) is 2.05. The first-order valence-corrected chi connectivity index (χ1v) is 4.43. The van der Waals surface area contributed by atoms with Crippen LogP contribution >= 0.6 is 0 Å². The number of benzene rings is 1. The molecule has 0 aliphatic heterocycles. The van der Waals surface area contributed by atoms with Gasteiger partial charge in [0.15, 0.2) is 0 Å². The molecule has 1 aromatic carbocycles. The van der Waals surface area contributed by atoms with Crippen LogP contribution in [0.1, 0.15) is 11.1 Å². The Hall–Kier alpha value is -1.00. The van der Waals surface area contributed by atoms with Gasteiger partial charge in [-0.15, -0.1) is 0 Å². The first-order valence-electron chi connectivity index (χ1n) is 4.43. The summed E-state index contributed by atoms with van der Waals surface area (Å²) in [6.07, 6.45) is -1.48. The second-order valence-corrected chi connectivity index (χ2v) is 3.59. The van der Waals surface area contributed by atoms with E-state index in [-0.39, 0.29) is 5.56 Å². The SMILES string of the molecule is N[C@@H]1Cc2ccccc2C(F)(F)[C@@H]1O. The van der Waals surface area contributed by atoms with Crippen LogP contribution in [0.5, 0.6) is 0 Å². The first kappa shape index (κ1) is 9.55. The van der Waals surface area contributed by atoms with Crippen molar-refractivity contribution in [2.75, 3.05) is 0 Å². The largest absolute Gasteiger partial charge is 0.385 e. The summed E-state index contributed by atoms with van der Waals surface area (Å²) in [7, 11) is 0. The minimum absolute atomic E-state index is 0.103. The van der Waals surface area contributed by atoms with E-state index in [1.165, 1.54) is 12.1 Å². The maximum Gasteiger partial charge on any atom is 0.300 e. The van der Waals surface area contributed by atoms with Crippen molar-refractivity contribution in [2.24, 2.45) is 5.73 Å². The molecule has 2 nitrogen and oxygen atoms in total. The average Bonchev–Trinajstić information content (AvgIpc) is 2.15. The zero-order valence-electron chi connectivity index (χ0n) is 7.45. The molecule has 0 amide bonds. The molecule has 0 heterocycles. The van der Waals surface area contributed by atoms with Gasteiger partial charge in [-0.3, -0.25) is 0 Å². The quantitative estimate of drug-likeness (QED) is 0.655. The van der Waals surface area contributed by atoms with Gasteiger partial charge >= 0.3 is 0 Å². The lowest BCUT2D eigenvalue weighted by Crippen LogP contribution is -2.50. The van der Waals surface area contributed by atoms with E-state index in [1.54, 1.807) is 12.1 Å². The molecular weight excluding hydrogens is 188 g/mol. The number of hydrogen-bond acceptors (Lipinski definition) is 2. The number of aliphatic hydroxyl groups is 1. The highest BCUT2D eigenvalue weighted by atomic mass is 19.3. The zero-order valence-corrected chi connectivity index (χ0v) is 7.45. The van der Waals surface area contributed by atoms with Gasteiger partial charge in [-0.2, -0.15) is 8.78 Å². The minimum atomic E-state index is -3.23. The summed E-state index contributed by atoms with van der Waals surface area (Å²) in [6.45, 7) is 0. The Morgan fingerprint density at radius 3 is 2.71 bits per heavy atom. The van der Waals surface area contributed by atoms with Gasteiger partial charge in [-0.05, 0) is 12.0 Å². The molecule has 0 spiro atoms. The summed E-state index contributed by atoms with van der Waals surface area (Å²) >= 11 is 0. The lowest BCUT2D eigenvalue weighted by atomic mass is 9.84. The van der Waals surface area contributed by atoms with Crippen molar-refractivity contribution in [1.29, 1.82) is 0 Å². The molecule has 0 fully saturated rings. The molecule has 0 bridgehead atoms. The molecule has 4 heteroatoms. The third kappa shape index (κ3) is 1.22. The van der Waals surface area contributed by atoms with Gasteiger partial charge in [0.05, 0.1) is 0 Å². The molecule has 0 unspecified atom stereocenters. The number of rotatable bonds is 0. The van der Waals surface area contributed by atoms with Gasteiger partial charge in [0.25, 0.3) is 5.92 Å². The smallest absolute Gasteiger partial charge is 0.300 e. The minimum Gasteiger partial charge on any atom is -0.385 e. The predicted octanol–water partition coefficient (Wildman–Crippen LogP) is 1.02. The van der Waals surface area contributed by atoms with Crippen LogP contribution in [0.3, 0.4) is 0 Å². The van der Waals surface area contributed by atoms with Crippen LogP contribution in [-0.4, -0.2) is 17.3 Å². The van der Waals surface area contributed by atoms with E-state index in [0.29, 0.717) is 12.0 Å². The number of aliphatic hydroxyl groups excluding tert-OH is 1. The van der Waals surface area contributed by atoms with Crippen LogP contribution < -0.4 is 5.73 Å². The molecule has 0 saturated carbocycles. The van der Waals surface area contributed by atoms with E-state index in [9.17, 15) is 13.9 Å². The first-order chi connectivity index (χ1) is 6.53. The van der Waals surface area contributed by atoms with Gasteiger partial charge in [-0.25, -0.2) is 0 Å². The van der Waals surface area contributed by atoms with Crippen molar-refractivity contribution in [3.63, 3.8) is 0 Å². The lowest BCUT2D eigenvalue weighted by molar-refractivity contribution is -0.130. The summed E-state index contributed by atoms with van der Waals surface area (Å²) in [5, 5.41) is 9.28. The van der Waals surface area contributed by atoms with Crippen molar-refractivity contribution in [3.05, 3.63) is 35.4 Å². The molecule has 14 heavy (non-hydrogen) atoms. The van der Waals surface area contributed by atoms with Crippen molar-refractivity contribution in [2.45, 2.75) is 24.5 Å². The average molecular weight is 199 g/mol. The highest BCUT2D eigenvalue weighted by Gasteiger charge is 2.48. The summed E-state index contributed by atoms with van der Waals surface area (Å²) in [6, 6.07) is 5.30. The molecule has 0 saturated heterocycles. The summed E-state index contributed by atoms with van der Waals surface area (Å²) in [5.41, 5.74) is 5.86. The van der Waals surface area contributed by atoms with E-state index in [2.05, 4.69) is 0 Å². The number of fused-ring (bicyclic) bond motifs is 1. The fourth-order valence-corrected chi connectivity index (χ4v) is 1.82. The number of halogens is 2. The van der Waals surface area contributed by atoms with E-state index < -0.39 is 18.1 Å². The van der Waals surface area contributed by atoms with Crippen molar-refractivity contribution in [3.8, 4) is 0 Å². The lowest BCUT2D eigenvalue weighted by Gasteiger charge is -2.34. The van der Waals surface area contributed by atoms with E-state index >= 15 is 0 Å². The van der Waals surface area contributed by atoms with E-state index in [4.69, 9.17) is 5.73 Å². The van der Waals surface area contributed by atoms with Gasteiger partial charge in [0, 0.05) is 11.6 Å². The number of nitrogens with two attached hydrogens (primary N) is 1. The fourth-order valence-electron chi connectivity index (χ4n) is 1.82. The number of hydrogen-bond donors (Lipinski definition) is 2. The standard InChI is InChI=1S/C10H11F2NO/c11-10(12)7-4-2-1-3-6(7)5-8(13)9(10)14/h1-4,8-9,14H,5,13H2/t8-,9-/m1/s1.